The van der Waals surface area contributed by atoms with Crippen LogP contribution in [0.3, 0.4) is 0 Å². The van der Waals surface area contributed by atoms with Gasteiger partial charge in [0.05, 0.1) is 17.8 Å². The summed E-state index contributed by atoms with van der Waals surface area (Å²) in [5, 5.41) is 9.05. The van der Waals surface area contributed by atoms with Crippen LogP contribution in [0, 0.1) is 11.3 Å². The Morgan fingerprint density at radius 1 is 1.25 bits per heavy atom. The molecule has 1 heterocycles. The Kier molecular flexibility index (Phi) is 5.48. The first kappa shape index (κ1) is 17.7. The molecule has 0 spiro atoms. The van der Waals surface area contributed by atoms with E-state index in [9.17, 15) is 21.6 Å². The second-order valence-corrected chi connectivity index (χ2v) is 7.92. The van der Waals surface area contributed by atoms with Gasteiger partial charge in [-0.1, -0.05) is 13.8 Å². The van der Waals surface area contributed by atoms with E-state index in [1.165, 1.54) is 0 Å². The summed E-state index contributed by atoms with van der Waals surface area (Å²) in [6.45, 7) is 2.44. The quantitative estimate of drug-likeness (QED) is 0.844. The van der Waals surface area contributed by atoms with Crippen molar-refractivity contribution in [1.82, 2.24) is 4.31 Å². The molecule has 20 heavy (non-hydrogen) atoms. The molecule has 1 rings (SSSR count). The summed E-state index contributed by atoms with van der Waals surface area (Å²) in [7, 11) is -3.50. The zero-order chi connectivity index (χ0) is 15.6. The summed E-state index contributed by atoms with van der Waals surface area (Å²) < 4.78 is 64.0. The van der Waals surface area contributed by atoms with Gasteiger partial charge in [-0.2, -0.15) is 13.2 Å². The summed E-state index contributed by atoms with van der Waals surface area (Å²) in [5.41, 5.74) is -2.16. The normalized spacial score (nSPS) is 21.4. The van der Waals surface area contributed by atoms with Crippen LogP contribution in [0.2, 0.25) is 0 Å². The van der Waals surface area contributed by atoms with Gasteiger partial charge < -0.3 is 5.11 Å². The summed E-state index contributed by atoms with van der Waals surface area (Å²) in [4.78, 5) is 0. The molecule has 1 fully saturated rings. The Bertz CT molecular complexity index is 412. The van der Waals surface area contributed by atoms with Gasteiger partial charge in [0.25, 0.3) is 0 Å². The number of hydrogen-bond donors (Lipinski definition) is 1. The van der Waals surface area contributed by atoms with Gasteiger partial charge in [-0.05, 0) is 25.2 Å². The fourth-order valence-electron chi connectivity index (χ4n) is 2.24. The van der Waals surface area contributed by atoms with Gasteiger partial charge in [0.2, 0.25) is 10.0 Å². The van der Waals surface area contributed by atoms with E-state index in [-0.39, 0.29) is 37.6 Å². The standard InChI is InChI=1S/C12H22F3NO3S/c1-10(2)3-8-20(18,19)16-6-4-11(9-17,5-7-16)12(13,14)15/h10,17H,3-9H2,1-2H3. The van der Waals surface area contributed by atoms with Gasteiger partial charge >= 0.3 is 6.18 Å². The monoisotopic (exact) mass is 317 g/mol. The lowest BCUT2D eigenvalue weighted by Crippen LogP contribution is -2.51. The van der Waals surface area contributed by atoms with Crippen molar-refractivity contribution in [2.45, 2.75) is 39.3 Å². The predicted molar refractivity (Wildman–Crippen MR) is 69.6 cm³/mol. The van der Waals surface area contributed by atoms with E-state index < -0.39 is 28.2 Å². The molecule has 0 amide bonds. The molecule has 0 aromatic heterocycles. The van der Waals surface area contributed by atoms with Crippen LogP contribution in [0.5, 0.6) is 0 Å². The number of halogens is 3. The van der Waals surface area contributed by atoms with Crippen LogP contribution in [0.25, 0.3) is 0 Å². The topological polar surface area (TPSA) is 57.6 Å². The molecule has 0 unspecified atom stereocenters. The Morgan fingerprint density at radius 2 is 1.75 bits per heavy atom. The van der Waals surface area contributed by atoms with Gasteiger partial charge in [-0.3, -0.25) is 0 Å². The minimum atomic E-state index is -4.50. The van der Waals surface area contributed by atoms with Crippen molar-refractivity contribution < 1.29 is 26.7 Å². The molecule has 0 aromatic rings. The van der Waals surface area contributed by atoms with Crippen LogP contribution in [0.1, 0.15) is 33.1 Å². The van der Waals surface area contributed by atoms with Crippen LogP contribution in [-0.4, -0.2) is 49.5 Å². The van der Waals surface area contributed by atoms with E-state index in [4.69, 9.17) is 5.11 Å². The molecule has 1 aliphatic heterocycles. The lowest BCUT2D eigenvalue weighted by molar-refractivity contribution is -0.246. The van der Waals surface area contributed by atoms with Crippen molar-refractivity contribution in [2.24, 2.45) is 11.3 Å². The predicted octanol–water partition coefficient (Wildman–Crippen LogP) is 2.00. The number of aliphatic hydroxyl groups excluding tert-OH is 1. The van der Waals surface area contributed by atoms with Crippen molar-refractivity contribution in [2.75, 3.05) is 25.4 Å². The fourth-order valence-corrected chi connectivity index (χ4v) is 4.00. The largest absolute Gasteiger partial charge is 0.396 e. The molecular weight excluding hydrogens is 295 g/mol. The first-order valence-corrected chi connectivity index (χ1v) is 8.30. The van der Waals surface area contributed by atoms with Crippen LogP contribution >= 0.6 is 0 Å². The zero-order valence-corrected chi connectivity index (χ0v) is 12.6. The minimum Gasteiger partial charge on any atom is -0.395 e. The van der Waals surface area contributed by atoms with Crippen LogP contribution in [0.4, 0.5) is 13.2 Å². The van der Waals surface area contributed by atoms with Crippen molar-refractivity contribution in [3.05, 3.63) is 0 Å². The molecule has 0 saturated carbocycles. The van der Waals surface area contributed by atoms with E-state index in [2.05, 4.69) is 0 Å². The number of rotatable bonds is 5. The molecule has 0 radical (unpaired) electrons. The average molecular weight is 317 g/mol. The third kappa shape index (κ3) is 3.85. The second-order valence-electron chi connectivity index (χ2n) is 5.83. The van der Waals surface area contributed by atoms with Gasteiger partial charge in [0.15, 0.2) is 0 Å². The molecule has 1 N–H and O–H groups in total. The lowest BCUT2D eigenvalue weighted by Gasteiger charge is -2.41. The molecular formula is C12H22F3NO3S. The molecule has 0 atom stereocenters. The maximum atomic E-state index is 12.9. The highest BCUT2D eigenvalue weighted by molar-refractivity contribution is 7.89. The molecule has 0 bridgehead atoms. The summed E-state index contributed by atoms with van der Waals surface area (Å²) in [6.07, 6.45) is -4.78. The van der Waals surface area contributed by atoms with Crippen molar-refractivity contribution >= 4 is 10.0 Å². The number of hydrogen-bond acceptors (Lipinski definition) is 3. The Labute approximate surface area is 118 Å². The molecule has 1 saturated heterocycles. The number of sulfonamides is 1. The first-order valence-electron chi connectivity index (χ1n) is 6.69. The van der Waals surface area contributed by atoms with Gasteiger partial charge in [0, 0.05) is 13.1 Å². The van der Waals surface area contributed by atoms with E-state index in [0.717, 1.165) is 4.31 Å². The molecule has 4 nitrogen and oxygen atoms in total. The van der Waals surface area contributed by atoms with Gasteiger partial charge in [0.1, 0.15) is 0 Å². The van der Waals surface area contributed by atoms with Gasteiger partial charge in [-0.15, -0.1) is 0 Å². The third-order valence-corrected chi connectivity index (χ3v) is 5.83. The number of nitrogens with zero attached hydrogens (tertiary/aromatic N) is 1. The summed E-state index contributed by atoms with van der Waals surface area (Å²) >= 11 is 0. The molecule has 0 aromatic carbocycles. The van der Waals surface area contributed by atoms with Crippen molar-refractivity contribution in [1.29, 1.82) is 0 Å². The summed E-state index contributed by atoms with van der Waals surface area (Å²) in [5.74, 6) is 0.185. The summed E-state index contributed by atoms with van der Waals surface area (Å²) in [6, 6.07) is 0. The van der Waals surface area contributed by atoms with E-state index in [1.807, 2.05) is 13.8 Å². The second kappa shape index (κ2) is 6.19. The highest BCUT2D eigenvalue weighted by Crippen LogP contribution is 2.46. The molecule has 1 aliphatic rings. The number of piperidine rings is 1. The van der Waals surface area contributed by atoms with Gasteiger partial charge in [-0.25, -0.2) is 12.7 Å². The van der Waals surface area contributed by atoms with Crippen LogP contribution in [0.15, 0.2) is 0 Å². The van der Waals surface area contributed by atoms with E-state index in [0.29, 0.717) is 6.42 Å². The molecule has 120 valence electrons. The van der Waals surface area contributed by atoms with E-state index in [1.54, 1.807) is 0 Å². The van der Waals surface area contributed by atoms with E-state index >= 15 is 0 Å². The molecule has 8 heteroatoms. The maximum Gasteiger partial charge on any atom is 0.396 e. The first-order chi connectivity index (χ1) is 9.04. The Morgan fingerprint density at radius 3 is 2.10 bits per heavy atom. The maximum absolute atomic E-state index is 12.9. The zero-order valence-electron chi connectivity index (χ0n) is 11.8. The van der Waals surface area contributed by atoms with Crippen LogP contribution < -0.4 is 0 Å². The van der Waals surface area contributed by atoms with Crippen molar-refractivity contribution in [3.8, 4) is 0 Å². The minimum absolute atomic E-state index is 0.0389. The van der Waals surface area contributed by atoms with Crippen molar-refractivity contribution in [3.63, 3.8) is 0 Å². The number of alkyl halides is 3. The Hall–Kier alpha value is -0.340. The highest BCUT2D eigenvalue weighted by atomic mass is 32.2. The average Bonchev–Trinajstić information content (AvgIpc) is 2.35. The molecule has 0 aliphatic carbocycles. The Balaban J connectivity index is 2.70. The number of aliphatic hydroxyl groups is 1. The fraction of sp³-hybridized carbons (Fsp3) is 1.00. The highest BCUT2D eigenvalue weighted by Gasteiger charge is 2.56. The third-order valence-electron chi connectivity index (χ3n) is 3.93. The smallest absolute Gasteiger partial charge is 0.395 e. The lowest BCUT2D eigenvalue weighted by atomic mass is 9.79. The van der Waals surface area contributed by atoms with Crippen LogP contribution in [-0.2, 0) is 10.0 Å². The SMILES string of the molecule is CC(C)CCS(=O)(=O)N1CCC(CO)(C(F)(F)F)CC1.